The van der Waals surface area contributed by atoms with Crippen molar-refractivity contribution in [2.45, 2.75) is 12.1 Å². The van der Waals surface area contributed by atoms with Crippen LogP contribution in [0, 0.1) is 0 Å². The molecule has 1 saturated heterocycles. The topological polar surface area (TPSA) is 106 Å². The van der Waals surface area contributed by atoms with Gasteiger partial charge < -0.3 is 29.4 Å². The minimum Gasteiger partial charge on any atom is -0.465 e. The second-order valence-corrected chi connectivity index (χ2v) is 9.68. The zero-order valence-corrected chi connectivity index (χ0v) is 23.2. The predicted molar refractivity (Wildman–Crippen MR) is 155 cm³/mol. The van der Waals surface area contributed by atoms with Gasteiger partial charge in [-0.05, 0) is 60.7 Å². The van der Waals surface area contributed by atoms with E-state index in [0.717, 1.165) is 5.69 Å². The van der Waals surface area contributed by atoms with E-state index in [1.165, 1.54) is 14.2 Å². The van der Waals surface area contributed by atoms with Crippen molar-refractivity contribution < 1.29 is 23.5 Å². The van der Waals surface area contributed by atoms with Gasteiger partial charge in [-0.25, -0.2) is 4.79 Å². The molecule has 204 valence electrons. The quantitative estimate of drug-likeness (QED) is 0.206. The van der Waals surface area contributed by atoms with Crippen LogP contribution in [-0.2, 0) is 14.3 Å². The van der Waals surface area contributed by atoms with Crippen LogP contribution in [0.25, 0.3) is 11.3 Å². The normalized spacial score (nSPS) is 16.5. The third kappa shape index (κ3) is 5.42. The van der Waals surface area contributed by atoms with Gasteiger partial charge in [-0.2, -0.15) is 0 Å². The Balaban J connectivity index is 1.56. The first kappa shape index (κ1) is 27.3. The Morgan fingerprint density at radius 2 is 1.90 bits per heavy atom. The maximum atomic E-state index is 12.4. The molecule has 0 spiro atoms. The number of nitrogens with zero attached hydrogens (tertiary/aromatic N) is 2. The van der Waals surface area contributed by atoms with Crippen LogP contribution in [-0.4, -0.2) is 42.8 Å². The van der Waals surface area contributed by atoms with Gasteiger partial charge in [-0.3, -0.25) is 9.78 Å². The molecule has 0 bridgehead atoms. The summed E-state index contributed by atoms with van der Waals surface area (Å²) in [5, 5.41) is 6.87. The van der Waals surface area contributed by atoms with Crippen LogP contribution in [0.1, 0.15) is 33.9 Å². The molecule has 11 heteroatoms. The number of esters is 1. The molecule has 2 aromatic heterocycles. The molecular formula is C29H25ClN4O5S. The lowest BCUT2D eigenvalue weighted by Crippen LogP contribution is -2.29. The van der Waals surface area contributed by atoms with Crippen molar-refractivity contribution in [3.63, 3.8) is 0 Å². The number of anilines is 2. The summed E-state index contributed by atoms with van der Waals surface area (Å²) in [5.74, 6) is 0.311. The van der Waals surface area contributed by atoms with E-state index in [9.17, 15) is 9.59 Å². The van der Waals surface area contributed by atoms with Crippen LogP contribution in [0.4, 0.5) is 11.4 Å². The van der Waals surface area contributed by atoms with E-state index in [4.69, 9.17) is 37.7 Å². The number of hydrogen-bond donors (Lipinski definition) is 2. The Bertz CT molecular complexity index is 1560. The number of aromatic nitrogens is 1. The highest BCUT2D eigenvalue weighted by Gasteiger charge is 2.43. The Kier molecular flexibility index (Phi) is 8.11. The standard InChI is InChI=1S/C29H25ClN4O5S/c1-37-16-25(35)32-21-11-10-17(15-20(21)30)34-27(26(33-29(34)40)22-9-5-6-14-31-22)24-13-12-23(39-24)18-7-3-4-8-19(18)28(36)38-2/h3-15,26-27H,16H2,1-2H3,(H,32,35)(H,33,40). The summed E-state index contributed by atoms with van der Waals surface area (Å²) in [4.78, 5) is 30.9. The number of carbonyl (C=O) groups is 2. The predicted octanol–water partition coefficient (Wildman–Crippen LogP) is 5.54. The van der Waals surface area contributed by atoms with E-state index in [1.54, 1.807) is 36.5 Å². The summed E-state index contributed by atoms with van der Waals surface area (Å²) in [5.41, 5.74) is 2.89. The first-order valence-electron chi connectivity index (χ1n) is 12.3. The number of carbonyl (C=O) groups excluding carboxylic acids is 2. The molecule has 3 heterocycles. The fraction of sp³-hybridized carbons (Fsp3) is 0.172. The summed E-state index contributed by atoms with van der Waals surface area (Å²) in [7, 11) is 2.78. The number of halogens is 1. The minimum atomic E-state index is -0.461. The molecule has 9 nitrogen and oxygen atoms in total. The van der Waals surface area contributed by atoms with Gasteiger partial charge in [0.25, 0.3) is 0 Å². The molecule has 1 aliphatic heterocycles. The SMILES string of the molecule is COCC(=O)Nc1ccc(N2C(=S)NC(c3ccccn3)C2c2ccc(-c3ccccc3C(=O)OC)o2)cc1Cl. The molecule has 2 N–H and O–H groups in total. The van der Waals surface area contributed by atoms with E-state index in [-0.39, 0.29) is 18.6 Å². The van der Waals surface area contributed by atoms with E-state index in [1.807, 2.05) is 47.4 Å². The number of ether oxygens (including phenoxy) is 2. The number of hydrogen-bond acceptors (Lipinski definition) is 7. The van der Waals surface area contributed by atoms with Crippen LogP contribution in [0.2, 0.25) is 5.02 Å². The third-order valence-corrected chi connectivity index (χ3v) is 7.02. The number of rotatable bonds is 8. The molecule has 2 unspecified atom stereocenters. The monoisotopic (exact) mass is 576 g/mol. The molecule has 40 heavy (non-hydrogen) atoms. The van der Waals surface area contributed by atoms with Gasteiger partial charge >= 0.3 is 5.97 Å². The Labute approximate surface area is 241 Å². The molecule has 1 aliphatic rings. The van der Waals surface area contributed by atoms with Gasteiger partial charge in [0.2, 0.25) is 5.91 Å². The Morgan fingerprint density at radius 3 is 2.62 bits per heavy atom. The molecule has 5 rings (SSSR count). The molecule has 0 aliphatic carbocycles. The maximum absolute atomic E-state index is 12.4. The van der Waals surface area contributed by atoms with Crippen LogP contribution >= 0.6 is 23.8 Å². The molecule has 2 atom stereocenters. The van der Waals surface area contributed by atoms with Crippen LogP contribution < -0.4 is 15.5 Å². The van der Waals surface area contributed by atoms with E-state index < -0.39 is 12.0 Å². The fourth-order valence-electron chi connectivity index (χ4n) is 4.64. The average molecular weight is 577 g/mol. The van der Waals surface area contributed by atoms with Gasteiger partial charge in [0.1, 0.15) is 24.2 Å². The smallest absolute Gasteiger partial charge is 0.338 e. The van der Waals surface area contributed by atoms with Crippen molar-refractivity contribution in [1.29, 1.82) is 0 Å². The highest BCUT2D eigenvalue weighted by atomic mass is 35.5. The van der Waals surface area contributed by atoms with Crippen molar-refractivity contribution in [2.24, 2.45) is 0 Å². The minimum absolute atomic E-state index is 0.0913. The van der Waals surface area contributed by atoms with Gasteiger partial charge in [-0.1, -0.05) is 35.9 Å². The van der Waals surface area contributed by atoms with Gasteiger partial charge in [0.05, 0.1) is 35.1 Å². The summed E-state index contributed by atoms with van der Waals surface area (Å²) < 4.78 is 16.2. The number of methoxy groups -OCH3 is 2. The number of amides is 1. The summed E-state index contributed by atoms with van der Waals surface area (Å²) in [6, 6.07) is 20.8. The molecular weight excluding hydrogens is 552 g/mol. The van der Waals surface area contributed by atoms with Crippen LogP contribution in [0.3, 0.4) is 0 Å². The van der Waals surface area contributed by atoms with E-state index >= 15 is 0 Å². The summed E-state index contributed by atoms with van der Waals surface area (Å²) in [6.45, 7) is -0.0913. The van der Waals surface area contributed by atoms with Gasteiger partial charge in [-0.15, -0.1) is 0 Å². The number of benzene rings is 2. The van der Waals surface area contributed by atoms with Crippen molar-refractivity contribution in [3.8, 4) is 11.3 Å². The molecule has 1 fully saturated rings. The number of furan rings is 1. The van der Waals surface area contributed by atoms with Crippen molar-refractivity contribution in [1.82, 2.24) is 10.3 Å². The van der Waals surface area contributed by atoms with Gasteiger partial charge in [0, 0.05) is 24.6 Å². The number of thiocarbonyl (C=S) groups is 1. The lowest BCUT2D eigenvalue weighted by molar-refractivity contribution is -0.119. The Hall–Kier alpha value is -4.25. The summed E-state index contributed by atoms with van der Waals surface area (Å²) in [6.07, 6.45) is 1.72. The van der Waals surface area contributed by atoms with E-state index in [0.29, 0.717) is 44.2 Å². The second kappa shape index (κ2) is 11.9. The lowest BCUT2D eigenvalue weighted by atomic mass is 10.0. The first-order chi connectivity index (χ1) is 19.4. The van der Waals surface area contributed by atoms with Crippen molar-refractivity contribution >= 4 is 52.2 Å². The third-order valence-electron chi connectivity index (χ3n) is 6.39. The molecule has 2 aromatic carbocycles. The highest BCUT2D eigenvalue weighted by Crippen LogP contribution is 2.44. The Morgan fingerprint density at radius 1 is 1.10 bits per heavy atom. The van der Waals surface area contributed by atoms with E-state index in [2.05, 4.69) is 15.6 Å². The summed E-state index contributed by atoms with van der Waals surface area (Å²) >= 11 is 12.3. The first-order valence-corrected chi connectivity index (χ1v) is 13.1. The second-order valence-electron chi connectivity index (χ2n) is 8.88. The van der Waals surface area contributed by atoms with Crippen LogP contribution in [0.15, 0.2) is 83.4 Å². The van der Waals surface area contributed by atoms with Crippen molar-refractivity contribution in [2.75, 3.05) is 31.0 Å². The molecule has 1 amide bonds. The zero-order chi connectivity index (χ0) is 28.2. The number of nitrogens with one attached hydrogen (secondary N) is 2. The average Bonchev–Trinajstić information content (AvgIpc) is 3.59. The molecule has 0 saturated carbocycles. The van der Waals surface area contributed by atoms with Gasteiger partial charge in [0.15, 0.2) is 5.11 Å². The zero-order valence-electron chi connectivity index (χ0n) is 21.6. The van der Waals surface area contributed by atoms with Crippen LogP contribution in [0.5, 0.6) is 0 Å². The lowest BCUT2D eigenvalue weighted by Gasteiger charge is -2.26. The fourth-order valence-corrected chi connectivity index (χ4v) is 5.20. The molecule has 0 radical (unpaired) electrons. The highest BCUT2D eigenvalue weighted by molar-refractivity contribution is 7.80. The van der Waals surface area contributed by atoms with Crippen molar-refractivity contribution in [3.05, 3.63) is 101 Å². The largest absolute Gasteiger partial charge is 0.465 e. The number of pyridine rings is 1. The maximum Gasteiger partial charge on any atom is 0.338 e. The molecule has 4 aromatic rings.